The van der Waals surface area contributed by atoms with Crippen LogP contribution in [0.4, 0.5) is 8.78 Å². The zero-order valence-corrected chi connectivity index (χ0v) is 13.6. The van der Waals surface area contributed by atoms with Crippen LogP contribution in [0.5, 0.6) is 0 Å². The summed E-state index contributed by atoms with van der Waals surface area (Å²) in [6.45, 7) is 4.29. The van der Waals surface area contributed by atoms with Crippen LogP contribution in [-0.2, 0) is 0 Å². The monoisotopic (exact) mass is 322 g/mol. The lowest BCUT2D eigenvalue weighted by molar-refractivity contribution is -0.0494. The minimum absolute atomic E-state index is 0.116. The van der Waals surface area contributed by atoms with Crippen LogP contribution in [0.3, 0.4) is 0 Å². The van der Waals surface area contributed by atoms with Crippen LogP contribution < -0.4 is 5.32 Å². The van der Waals surface area contributed by atoms with Crippen molar-refractivity contribution in [3.8, 4) is 0 Å². The summed E-state index contributed by atoms with van der Waals surface area (Å²) < 4.78 is 26.5. The van der Waals surface area contributed by atoms with Gasteiger partial charge in [0, 0.05) is 31.5 Å². The number of halogens is 2. The second kappa shape index (κ2) is 6.56. The van der Waals surface area contributed by atoms with Crippen molar-refractivity contribution in [1.29, 1.82) is 0 Å². The van der Waals surface area contributed by atoms with E-state index in [1.165, 1.54) is 5.56 Å². The predicted octanol–water partition coefficient (Wildman–Crippen LogP) is 3.33. The van der Waals surface area contributed by atoms with E-state index in [2.05, 4.69) is 11.4 Å². The summed E-state index contributed by atoms with van der Waals surface area (Å²) in [6.07, 6.45) is 1.78. The predicted molar refractivity (Wildman–Crippen MR) is 86.1 cm³/mol. The number of benzene rings is 1. The number of nitrogens with zero attached hydrogens (tertiary/aromatic N) is 1. The van der Waals surface area contributed by atoms with Crippen LogP contribution in [0.1, 0.15) is 53.1 Å². The summed E-state index contributed by atoms with van der Waals surface area (Å²) in [4.78, 5) is 14.1. The summed E-state index contributed by atoms with van der Waals surface area (Å²) >= 11 is 0. The van der Waals surface area contributed by atoms with E-state index in [1.807, 2.05) is 19.1 Å². The summed E-state index contributed by atoms with van der Waals surface area (Å²) in [5, 5.41) is 3.36. The molecule has 23 heavy (non-hydrogen) atoms. The van der Waals surface area contributed by atoms with Crippen LogP contribution in [0.15, 0.2) is 18.2 Å². The molecule has 2 fully saturated rings. The standard InChI is InChI=1S/C18H24F2N2O/c1-13-12-15(14-4-8-21-9-5-14)2-3-16(13)17(23)22-10-6-18(19,20)7-11-22/h2-3,12,14,21H,4-11H2,1H3. The van der Waals surface area contributed by atoms with E-state index in [-0.39, 0.29) is 31.8 Å². The van der Waals surface area contributed by atoms with E-state index in [0.717, 1.165) is 31.5 Å². The quantitative estimate of drug-likeness (QED) is 0.906. The first-order chi connectivity index (χ1) is 11.0. The third-order valence-corrected chi connectivity index (χ3v) is 5.07. The first-order valence-corrected chi connectivity index (χ1v) is 8.45. The Hall–Kier alpha value is -1.49. The summed E-state index contributed by atoms with van der Waals surface area (Å²) in [6, 6.07) is 6.01. The van der Waals surface area contributed by atoms with Crippen molar-refractivity contribution in [2.45, 2.75) is 44.4 Å². The number of piperidine rings is 2. The summed E-state index contributed by atoms with van der Waals surface area (Å²) in [5.74, 6) is -2.19. The molecule has 1 N–H and O–H groups in total. The molecule has 0 bridgehead atoms. The first-order valence-electron chi connectivity index (χ1n) is 8.45. The number of alkyl halides is 2. The van der Waals surface area contributed by atoms with E-state index in [0.29, 0.717) is 11.5 Å². The maximum atomic E-state index is 13.2. The molecule has 5 heteroatoms. The minimum atomic E-state index is -2.62. The molecule has 2 aliphatic heterocycles. The number of aryl methyl sites for hydroxylation is 1. The number of carbonyl (C=O) groups is 1. The highest BCUT2D eigenvalue weighted by Crippen LogP contribution is 2.30. The number of hydrogen-bond acceptors (Lipinski definition) is 2. The third-order valence-electron chi connectivity index (χ3n) is 5.07. The van der Waals surface area contributed by atoms with Gasteiger partial charge in [0.15, 0.2) is 0 Å². The number of amides is 1. The highest BCUT2D eigenvalue weighted by molar-refractivity contribution is 5.95. The fourth-order valence-electron chi connectivity index (χ4n) is 3.54. The van der Waals surface area contributed by atoms with Gasteiger partial charge < -0.3 is 10.2 Å². The molecule has 0 spiro atoms. The third kappa shape index (κ3) is 3.71. The molecule has 126 valence electrons. The van der Waals surface area contributed by atoms with Gasteiger partial charge in [-0.2, -0.15) is 0 Å². The maximum Gasteiger partial charge on any atom is 0.254 e. The van der Waals surface area contributed by atoms with Gasteiger partial charge >= 0.3 is 0 Å². The molecule has 2 saturated heterocycles. The molecule has 1 aromatic carbocycles. The Morgan fingerprint density at radius 3 is 2.48 bits per heavy atom. The van der Waals surface area contributed by atoms with Crippen molar-refractivity contribution < 1.29 is 13.6 Å². The van der Waals surface area contributed by atoms with Crippen LogP contribution >= 0.6 is 0 Å². The molecule has 0 aromatic heterocycles. The number of hydrogen-bond donors (Lipinski definition) is 1. The van der Waals surface area contributed by atoms with Gasteiger partial charge in [-0.15, -0.1) is 0 Å². The second-order valence-corrected chi connectivity index (χ2v) is 6.75. The van der Waals surface area contributed by atoms with Gasteiger partial charge in [-0.25, -0.2) is 8.78 Å². The molecule has 0 atom stereocenters. The SMILES string of the molecule is Cc1cc(C2CCNCC2)ccc1C(=O)N1CCC(F)(F)CC1. The fourth-order valence-corrected chi connectivity index (χ4v) is 3.54. The van der Waals surface area contributed by atoms with Crippen molar-refractivity contribution >= 4 is 5.91 Å². The van der Waals surface area contributed by atoms with Gasteiger partial charge in [-0.1, -0.05) is 12.1 Å². The molecule has 1 amide bonds. The van der Waals surface area contributed by atoms with Gasteiger partial charge in [0.05, 0.1) is 0 Å². The van der Waals surface area contributed by atoms with Crippen LogP contribution in [-0.4, -0.2) is 42.9 Å². The van der Waals surface area contributed by atoms with Crippen molar-refractivity contribution in [2.24, 2.45) is 0 Å². The molecule has 0 aliphatic carbocycles. The molecule has 2 heterocycles. The summed E-state index contributed by atoms with van der Waals surface area (Å²) in [7, 11) is 0. The number of carbonyl (C=O) groups excluding carboxylic acids is 1. The van der Waals surface area contributed by atoms with Gasteiger partial charge in [0.1, 0.15) is 0 Å². The fraction of sp³-hybridized carbons (Fsp3) is 0.611. The van der Waals surface area contributed by atoms with Crippen molar-refractivity contribution in [3.05, 3.63) is 34.9 Å². The van der Waals surface area contributed by atoms with E-state index < -0.39 is 5.92 Å². The topological polar surface area (TPSA) is 32.3 Å². The highest BCUT2D eigenvalue weighted by Gasteiger charge is 2.36. The van der Waals surface area contributed by atoms with E-state index in [4.69, 9.17) is 0 Å². The van der Waals surface area contributed by atoms with E-state index in [1.54, 1.807) is 4.90 Å². The van der Waals surface area contributed by atoms with Crippen molar-refractivity contribution in [2.75, 3.05) is 26.2 Å². The van der Waals surface area contributed by atoms with E-state index >= 15 is 0 Å². The molecular formula is C18H24F2N2O. The zero-order chi connectivity index (χ0) is 16.4. The lowest BCUT2D eigenvalue weighted by Crippen LogP contribution is -2.42. The van der Waals surface area contributed by atoms with Gasteiger partial charge in [0.2, 0.25) is 0 Å². The lowest BCUT2D eigenvalue weighted by atomic mass is 9.88. The van der Waals surface area contributed by atoms with Crippen LogP contribution in [0.2, 0.25) is 0 Å². The molecule has 0 saturated carbocycles. The highest BCUT2D eigenvalue weighted by atomic mass is 19.3. The molecular weight excluding hydrogens is 298 g/mol. The minimum Gasteiger partial charge on any atom is -0.338 e. The number of likely N-dealkylation sites (tertiary alicyclic amines) is 1. The average molecular weight is 322 g/mol. The van der Waals surface area contributed by atoms with Gasteiger partial charge in [-0.05, 0) is 56.0 Å². The van der Waals surface area contributed by atoms with Crippen LogP contribution in [0, 0.1) is 6.92 Å². The van der Waals surface area contributed by atoms with Gasteiger partial charge in [-0.3, -0.25) is 4.79 Å². The van der Waals surface area contributed by atoms with Crippen LogP contribution in [0.25, 0.3) is 0 Å². The van der Waals surface area contributed by atoms with Gasteiger partial charge in [0.25, 0.3) is 11.8 Å². The Bertz CT molecular complexity index is 572. The Balaban J connectivity index is 1.71. The first kappa shape index (κ1) is 16.4. The normalized spacial score (nSPS) is 22.1. The Kier molecular flexibility index (Phi) is 4.67. The zero-order valence-electron chi connectivity index (χ0n) is 13.6. The Labute approximate surface area is 136 Å². The molecule has 0 unspecified atom stereocenters. The van der Waals surface area contributed by atoms with Crippen molar-refractivity contribution in [3.63, 3.8) is 0 Å². The van der Waals surface area contributed by atoms with E-state index in [9.17, 15) is 13.6 Å². The summed E-state index contributed by atoms with van der Waals surface area (Å²) in [5.41, 5.74) is 2.88. The molecule has 2 aliphatic rings. The second-order valence-electron chi connectivity index (χ2n) is 6.75. The number of nitrogens with one attached hydrogen (secondary N) is 1. The molecule has 1 aromatic rings. The smallest absolute Gasteiger partial charge is 0.254 e. The van der Waals surface area contributed by atoms with Crippen molar-refractivity contribution in [1.82, 2.24) is 10.2 Å². The Morgan fingerprint density at radius 1 is 1.22 bits per heavy atom. The largest absolute Gasteiger partial charge is 0.338 e. The molecule has 0 radical (unpaired) electrons. The molecule has 3 rings (SSSR count). The average Bonchev–Trinajstić information content (AvgIpc) is 2.55. The number of rotatable bonds is 2. The lowest BCUT2D eigenvalue weighted by Gasteiger charge is -2.32. The maximum absolute atomic E-state index is 13.2. The molecule has 3 nitrogen and oxygen atoms in total. The Morgan fingerprint density at radius 2 is 1.87 bits per heavy atom.